The highest BCUT2D eigenvalue weighted by Gasteiger charge is 2.11. The zero-order chi connectivity index (χ0) is 14.3. The summed E-state index contributed by atoms with van der Waals surface area (Å²) in [7, 11) is 1.96. The largest absolute Gasteiger partial charge is 0.492 e. The molecular formula is C15H24N2O2. The Kier molecular flexibility index (Phi) is 6.36. The molecule has 0 spiro atoms. The number of rotatable bonds is 8. The number of anilines is 1. The summed E-state index contributed by atoms with van der Waals surface area (Å²) in [6.45, 7) is 5.98. The molecule has 1 aromatic carbocycles. The standard InChI is InChI=1S/C15H24N2O2/c1-4-6-9-17(3)11-14(18)12-7-8-15(19-5-2)13(16)10-12/h7-8,10H,4-6,9,11,16H2,1-3H3. The van der Waals surface area contributed by atoms with E-state index in [2.05, 4.69) is 6.92 Å². The second kappa shape index (κ2) is 7.79. The van der Waals surface area contributed by atoms with Crippen molar-refractivity contribution in [1.29, 1.82) is 0 Å². The molecule has 1 rings (SSSR count). The van der Waals surface area contributed by atoms with Crippen molar-refractivity contribution in [1.82, 2.24) is 4.90 Å². The molecule has 0 unspecified atom stereocenters. The zero-order valence-corrected chi connectivity index (χ0v) is 12.1. The van der Waals surface area contributed by atoms with Gasteiger partial charge in [0.2, 0.25) is 0 Å². The smallest absolute Gasteiger partial charge is 0.176 e. The van der Waals surface area contributed by atoms with E-state index < -0.39 is 0 Å². The van der Waals surface area contributed by atoms with Gasteiger partial charge in [0.15, 0.2) is 5.78 Å². The number of carbonyl (C=O) groups excluding carboxylic acids is 1. The van der Waals surface area contributed by atoms with E-state index in [1.54, 1.807) is 18.2 Å². The first-order valence-corrected chi connectivity index (χ1v) is 6.82. The normalized spacial score (nSPS) is 10.7. The van der Waals surface area contributed by atoms with Crippen molar-refractivity contribution in [3.8, 4) is 5.75 Å². The van der Waals surface area contributed by atoms with Crippen molar-refractivity contribution in [3.63, 3.8) is 0 Å². The predicted molar refractivity (Wildman–Crippen MR) is 78.8 cm³/mol. The Morgan fingerprint density at radius 2 is 2.11 bits per heavy atom. The van der Waals surface area contributed by atoms with Crippen LogP contribution in [0.15, 0.2) is 18.2 Å². The predicted octanol–water partition coefficient (Wildman–Crippen LogP) is 2.58. The van der Waals surface area contributed by atoms with Crippen LogP contribution in [0.5, 0.6) is 5.75 Å². The number of likely N-dealkylation sites (N-methyl/N-ethyl adjacent to an activating group) is 1. The highest BCUT2D eigenvalue weighted by molar-refractivity contribution is 5.98. The fourth-order valence-corrected chi connectivity index (χ4v) is 1.85. The molecule has 0 atom stereocenters. The first-order valence-electron chi connectivity index (χ1n) is 6.82. The third-order valence-electron chi connectivity index (χ3n) is 2.94. The molecule has 0 saturated carbocycles. The number of Topliss-reactive ketones (excluding diaryl/α,β-unsaturated/α-hetero) is 1. The van der Waals surface area contributed by atoms with E-state index in [1.165, 1.54) is 0 Å². The van der Waals surface area contributed by atoms with E-state index in [9.17, 15) is 4.79 Å². The molecule has 0 bridgehead atoms. The molecule has 19 heavy (non-hydrogen) atoms. The van der Waals surface area contributed by atoms with Gasteiger partial charge >= 0.3 is 0 Å². The van der Waals surface area contributed by atoms with E-state index >= 15 is 0 Å². The maximum absolute atomic E-state index is 12.1. The Balaban J connectivity index is 2.64. The summed E-state index contributed by atoms with van der Waals surface area (Å²) in [5.41, 5.74) is 7.03. The molecule has 1 aromatic rings. The van der Waals surface area contributed by atoms with Crippen molar-refractivity contribution in [3.05, 3.63) is 23.8 Å². The van der Waals surface area contributed by atoms with Gasteiger partial charge in [0.1, 0.15) is 5.75 Å². The van der Waals surface area contributed by atoms with Gasteiger partial charge in [0.05, 0.1) is 18.8 Å². The fraction of sp³-hybridized carbons (Fsp3) is 0.533. The first kappa shape index (κ1) is 15.5. The second-order valence-electron chi connectivity index (χ2n) is 4.70. The first-order chi connectivity index (χ1) is 9.08. The van der Waals surface area contributed by atoms with E-state index in [-0.39, 0.29) is 5.78 Å². The third kappa shape index (κ3) is 4.91. The van der Waals surface area contributed by atoms with Gasteiger partial charge in [0, 0.05) is 5.56 Å². The van der Waals surface area contributed by atoms with Gasteiger partial charge < -0.3 is 10.5 Å². The second-order valence-corrected chi connectivity index (χ2v) is 4.70. The molecule has 106 valence electrons. The van der Waals surface area contributed by atoms with Crippen LogP contribution in [0.3, 0.4) is 0 Å². The summed E-state index contributed by atoms with van der Waals surface area (Å²) in [5, 5.41) is 0. The van der Waals surface area contributed by atoms with E-state index in [0.29, 0.717) is 30.2 Å². The Labute approximate surface area is 115 Å². The lowest BCUT2D eigenvalue weighted by molar-refractivity contribution is 0.0945. The zero-order valence-electron chi connectivity index (χ0n) is 12.1. The number of hydrogen-bond acceptors (Lipinski definition) is 4. The molecule has 0 amide bonds. The lowest BCUT2D eigenvalue weighted by Crippen LogP contribution is -2.27. The van der Waals surface area contributed by atoms with Crippen LogP contribution in [0.1, 0.15) is 37.0 Å². The topological polar surface area (TPSA) is 55.6 Å². The lowest BCUT2D eigenvalue weighted by atomic mass is 10.1. The lowest BCUT2D eigenvalue weighted by Gasteiger charge is -2.15. The van der Waals surface area contributed by atoms with Crippen LogP contribution < -0.4 is 10.5 Å². The van der Waals surface area contributed by atoms with Crippen LogP contribution in [0.2, 0.25) is 0 Å². The number of carbonyl (C=O) groups is 1. The molecule has 0 heterocycles. The molecule has 0 aliphatic heterocycles. The quantitative estimate of drug-likeness (QED) is 0.579. The molecule has 2 N–H and O–H groups in total. The average Bonchev–Trinajstić information content (AvgIpc) is 2.38. The van der Waals surface area contributed by atoms with Crippen LogP contribution >= 0.6 is 0 Å². The van der Waals surface area contributed by atoms with E-state index in [0.717, 1.165) is 19.4 Å². The van der Waals surface area contributed by atoms with Crippen LogP contribution in [0, 0.1) is 0 Å². The van der Waals surface area contributed by atoms with Gasteiger partial charge in [-0.1, -0.05) is 13.3 Å². The number of nitrogens with two attached hydrogens (primary N) is 1. The van der Waals surface area contributed by atoms with Gasteiger partial charge in [-0.3, -0.25) is 9.69 Å². The summed E-state index contributed by atoms with van der Waals surface area (Å²) in [4.78, 5) is 14.1. The summed E-state index contributed by atoms with van der Waals surface area (Å²) in [5.74, 6) is 0.728. The van der Waals surface area contributed by atoms with Gasteiger partial charge in [-0.05, 0) is 45.1 Å². The number of benzene rings is 1. The van der Waals surface area contributed by atoms with Gasteiger partial charge in [-0.15, -0.1) is 0 Å². The molecule has 0 aromatic heterocycles. The van der Waals surface area contributed by atoms with Crippen molar-refractivity contribution >= 4 is 11.5 Å². The molecule has 4 nitrogen and oxygen atoms in total. The summed E-state index contributed by atoms with van der Waals surface area (Å²) >= 11 is 0. The highest BCUT2D eigenvalue weighted by Crippen LogP contribution is 2.22. The van der Waals surface area contributed by atoms with E-state index in [4.69, 9.17) is 10.5 Å². The molecule has 0 aliphatic carbocycles. The molecule has 0 aliphatic rings. The minimum Gasteiger partial charge on any atom is -0.492 e. The Bertz CT molecular complexity index is 419. The summed E-state index contributed by atoms with van der Waals surface area (Å²) < 4.78 is 5.36. The number of ketones is 1. The SMILES string of the molecule is CCCCN(C)CC(=O)c1ccc(OCC)c(N)c1. The van der Waals surface area contributed by atoms with Gasteiger partial charge in [-0.25, -0.2) is 0 Å². The summed E-state index contributed by atoms with van der Waals surface area (Å²) in [6.07, 6.45) is 2.24. The monoisotopic (exact) mass is 264 g/mol. The number of hydrogen-bond donors (Lipinski definition) is 1. The van der Waals surface area contributed by atoms with Crippen molar-refractivity contribution in [2.75, 3.05) is 32.5 Å². The average molecular weight is 264 g/mol. The molecular weight excluding hydrogens is 240 g/mol. The minimum absolute atomic E-state index is 0.0911. The van der Waals surface area contributed by atoms with Crippen LogP contribution in [0.4, 0.5) is 5.69 Å². The minimum atomic E-state index is 0.0911. The highest BCUT2D eigenvalue weighted by atomic mass is 16.5. The van der Waals surface area contributed by atoms with Crippen molar-refractivity contribution in [2.24, 2.45) is 0 Å². The fourth-order valence-electron chi connectivity index (χ4n) is 1.85. The maximum atomic E-state index is 12.1. The van der Waals surface area contributed by atoms with Crippen molar-refractivity contribution < 1.29 is 9.53 Å². The maximum Gasteiger partial charge on any atom is 0.176 e. The van der Waals surface area contributed by atoms with Gasteiger partial charge in [-0.2, -0.15) is 0 Å². The summed E-state index contributed by atoms with van der Waals surface area (Å²) in [6, 6.07) is 5.23. The molecule has 0 fully saturated rings. The Hall–Kier alpha value is -1.55. The van der Waals surface area contributed by atoms with Crippen LogP contribution in [-0.4, -0.2) is 37.4 Å². The Morgan fingerprint density at radius 1 is 1.37 bits per heavy atom. The van der Waals surface area contributed by atoms with Crippen LogP contribution in [0.25, 0.3) is 0 Å². The Morgan fingerprint density at radius 3 is 2.68 bits per heavy atom. The van der Waals surface area contributed by atoms with Crippen molar-refractivity contribution in [2.45, 2.75) is 26.7 Å². The molecule has 4 heteroatoms. The third-order valence-corrected chi connectivity index (χ3v) is 2.94. The number of nitrogen functional groups attached to an aromatic ring is 1. The van der Waals surface area contributed by atoms with Gasteiger partial charge in [0.25, 0.3) is 0 Å². The number of nitrogens with zero attached hydrogens (tertiary/aromatic N) is 1. The number of ether oxygens (including phenoxy) is 1. The van der Waals surface area contributed by atoms with Crippen LogP contribution in [-0.2, 0) is 0 Å². The molecule has 0 radical (unpaired) electrons. The van der Waals surface area contributed by atoms with E-state index in [1.807, 2.05) is 18.9 Å². The molecule has 0 saturated heterocycles. The number of unbranched alkanes of at least 4 members (excludes halogenated alkanes) is 1.